The number of carbonyl (C=O) groups is 3. The molecule has 0 saturated carbocycles. The number of nitrogens with one attached hydrogen (secondary N) is 1. The van der Waals surface area contributed by atoms with Gasteiger partial charge in [-0.05, 0) is 32.4 Å². The third kappa shape index (κ3) is 2.44. The maximum Gasteiger partial charge on any atom is 0.255 e. The molecule has 1 atom stereocenters. The van der Waals surface area contributed by atoms with E-state index >= 15 is 0 Å². The summed E-state index contributed by atoms with van der Waals surface area (Å²) in [5, 5.41) is 15.0. The molecular weight excluding hydrogens is 338 g/mol. The zero-order chi connectivity index (χ0) is 18.6. The molecule has 0 bridgehead atoms. The van der Waals surface area contributed by atoms with Crippen LogP contribution < -0.4 is 10.1 Å². The van der Waals surface area contributed by atoms with Crippen LogP contribution in [0.1, 0.15) is 54.6 Å². The number of nitrogens with zero attached hydrogens (tertiary/aromatic N) is 2. The fourth-order valence-corrected chi connectivity index (χ4v) is 3.86. The minimum absolute atomic E-state index is 0.208. The van der Waals surface area contributed by atoms with Crippen LogP contribution in [0.15, 0.2) is 17.3 Å². The zero-order valence-corrected chi connectivity index (χ0v) is 14.5. The predicted octanol–water partition coefficient (Wildman–Crippen LogP) is 1.19. The Kier molecular flexibility index (Phi) is 3.54. The summed E-state index contributed by atoms with van der Waals surface area (Å²) < 4.78 is 6.10. The van der Waals surface area contributed by atoms with Gasteiger partial charge in [-0.25, -0.2) is 0 Å². The van der Waals surface area contributed by atoms with Crippen LogP contribution in [-0.2, 0) is 16.1 Å². The average Bonchev–Trinajstić information content (AvgIpc) is 2.91. The molecule has 8 nitrogen and oxygen atoms in total. The van der Waals surface area contributed by atoms with Crippen LogP contribution in [0.4, 0.5) is 0 Å². The van der Waals surface area contributed by atoms with Crippen molar-refractivity contribution in [3.63, 3.8) is 0 Å². The quantitative estimate of drug-likeness (QED) is 0.446. The van der Waals surface area contributed by atoms with Crippen molar-refractivity contribution in [3.8, 4) is 5.75 Å². The number of benzene rings is 1. The number of piperidine rings is 1. The van der Waals surface area contributed by atoms with Crippen molar-refractivity contribution in [1.82, 2.24) is 10.2 Å². The lowest BCUT2D eigenvalue weighted by Gasteiger charge is -2.34. The molecule has 1 unspecified atom stereocenters. The molecule has 8 heteroatoms. The third-order valence-electron chi connectivity index (χ3n) is 5.07. The van der Waals surface area contributed by atoms with Gasteiger partial charge in [0.15, 0.2) is 0 Å². The summed E-state index contributed by atoms with van der Waals surface area (Å²) in [6.07, 6.45) is 0.960. The van der Waals surface area contributed by atoms with Crippen molar-refractivity contribution in [2.75, 3.05) is 0 Å². The maximum absolute atomic E-state index is 12.8. The zero-order valence-electron chi connectivity index (χ0n) is 14.5. The highest BCUT2D eigenvalue weighted by atomic mass is 16.5. The van der Waals surface area contributed by atoms with Crippen LogP contribution in [0.25, 0.3) is 0 Å². The number of imide groups is 1. The summed E-state index contributed by atoms with van der Waals surface area (Å²) in [6, 6.07) is 2.71. The summed E-state index contributed by atoms with van der Waals surface area (Å²) in [6.45, 7) is 3.99. The molecule has 0 radical (unpaired) electrons. The van der Waals surface area contributed by atoms with Crippen LogP contribution in [0.3, 0.4) is 0 Å². The van der Waals surface area contributed by atoms with Crippen molar-refractivity contribution in [3.05, 3.63) is 28.8 Å². The van der Waals surface area contributed by atoms with E-state index in [9.17, 15) is 19.6 Å². The molecule has 4 rings (SSSR count). The van der Waals surface area contributed by atoms with Gasteiger partial charge in [-0.1, -0.05) is 5.16 Å². The second kappa shape index (κ2) is 5.55. The number of amides is 3. The number of ether oxygens (including phenoxy) is 1. The van der Waals surface area contributed by atoms with Gasteiger partial charge >= 0.3 is 0 Å². The van der Waals surface area contributed by atoms with Crippen LogP contribution >= 0.6 is 0 Å². The number of hydrogen-bond acceptors (Lipinski definition) is 6. The molecule has 1 aromatic rings. The highest BCUT2D eigenvalue weighted by molar-refractivity contribution is 6.09. The second-order valence-corrected chi connectivity index (χ2v) is 7.45. The Morgan fingerprint density at radius 2 is 2.00 bits per heavy atom. The van der Waals surface area contributed by atoms with Crippen molar-refractivity contribution in [2.45, 2.75) is 51.3 Å². The normalized spacial score (nSPS) is 25.6. The Morgan fingerprint density at radius 1 is 1.27 bits per heavy atom. The smallest absolute Gasteiger partial charge is 0.255 e. The fraction of sp³-hybridized carbons (Fsp3) is 0.444. The van der Waals surface area contributed by atoms with Gasteiger partial charge in [0.25, 0.3) is 5.91 Å². The van der Waals surface area contributed by atoms with Gasteiger partial charge in [0, 0.05) is 29.5 Å². The largest absolute Gasteiger partial charge is 0.486 e. The molecule has 1 saturated heterocycles. The molecule has 3 aliphatic rings. The van der Waals surface area contributed by atoms with Crippen LogP contribution in [0, 0.1) is 0 Å². The Morgan fingerprint density at radius 3 is 2.69 bits per heavy atom. The second-order valence-electron chi connectivity index (χ2n) is 7.45. The van der Waals surface area contributed by atoms with E-state index in [0.29, 0.717) is 41.0 Å². The fourth-order valence-electron chi connectivity index (χ4n) is 3.86. The molecule has 0 aromatic heterocycles. The Bertz CT molecular complexity index is 874. The topological polar surface area (TPSA) is 108 Å². The van der Waals surface area contributed by atoms with Crippen LogP contribution in [-0.4, -0.2) is 45.2 Å². The van der Waals surface area contributed by atoms with Gasteiger partial charge in [0.1, 0.15) is 17.4 Å². The molecule has 2 N–H and O–H groups in total. The monoisotopic (exact) mass is 357 g/mol. The summed E-state index contributed by atoms with van der Waals surface area (Å²) in [7, 11) is 0. The van der Waals surface area contributed by atoms with Gasteiger partial charge in [-0.15, -0.1) is 0 Å². The van der Waals surface area contributed by atoms with Gasteiger partial charge < -0.3 is 14.8 Å². The highest BCUT2D eigenvalue weighted by Crippen LogP contribution is 2.41. The molecule has 3 heterocycles. The number of fused-ring (bicyclic) bond motifs is 3. The molecular formula is C18H19N3O5. The first-order valence-corrected chi connectivity index (χ1v) is 8.51. The highest BCUT2D eigenvalue weighted by Gasteiger charge is 2.43. The first-order valence-electron chi connectivity index (χ1n) is 8.51. The summed E-state index contributed by atoms with van der Waals surface area (Å²) in [4.78, 5) is 37.9. The van der Waals surface area contributed by atoms with Crippen LogP contribution in [0.5, 0.6) is 5.75 Å². The van der Waals surface area contributed by atoms with E-state index in [1.807, 2.05) is 13.8 Å². The summed E-state index contributed by atoms with van der Waals surface area (Å²) in [5.74, 6) is -0.502. The van der Waals surface area contributed by atoms with Crippen molar-refractivity contribution in [1.29, 1.82) is 0 Å². The van der Waals surface area contributed by atoms with Gasteiger partial charge in [0.05, 0.1) is 12.3 Å². The molecule has 136 valence electrons. The minimum atomic E-state index is -0.675. The average molecular weight is 357 g/mol. The molecule has 0 aliphatic carbocycles. The Hall–Kier alpha value is -2.90. The van der Waals surface area contributed by atoms with E-state index in [2.05, 4.69) is 10.5 Å². The van der Waals surface area contributed by atoms with Gasteiger partial charge in [0.2, 0.25) is 11.8 Å². The van der Waals surface area contributed by atoms with E-state index < -0.39 is 17.6 Å². The minimum Gasteiger partial charge on any atom is -0.486 e. The van der Waals surface area contributed by atoms with Crippen molar-refractivity contribution in [2.24, 2.45) is 5.16 Å². The van der Waals surface area contributed by atoms with E-state index in [1.165, 1.54) is 4.90 Å². The maximum atomic E-state index is 12.8. The lowest BCUT2D eigenvalue weighted by Crippen LogP contribution is -2.52. The van der Waals surface area contributed by atoms with E-state index in [-0.39, 0.29) is 24.8 Å². The number of carbonyl (C=O) groups excluding carboxylic acids is 3. The molecule has 1 fully saturated rings. The number of oxime groups is 1. The predicted molar refractivity (Wildman–Crippen MR) is 90.1 cm³/mol. The van der Waals surface area contributed by atoms with Crippen molar-refractivity contribution >= 4 is 23.4 Å². The SMILES string of the molecule is CC1(C)C/C(=N\O)c2ccc3c(c2O1)CN(C1CCC(=O)NC1=O)C3=O. The lowest BCUT2D eigenvalue weighted by molar-refractivity contribution is -0.136. The Labute approximate surface area is 149 Å². The van der Waals surface area contributed by atoms with Crippen molar-refractivity contribution < 1.29 is 24.3 Å². The molecule has 1 aromatic carbocycles. The van der Waals surface area contributed by atoms with E-state index in [0.717, 1.165) is 0 Å². The molecule has 3 amide bonds. The number of rotatable bonds is 1. The Balaban J connectivity index is 1.73. The van der Waals surface area contributed by atoms with Gasteiger partial charge in [-0.3, -0.25) is 19.7 Å². The van der Waals surface area contributed by atoms with E-state index in [1.54, 1.807) is 12.1 Å². The number of hydrogen-bond donors (Lipinski definition) is 2. The van der Waals surface area contributed by atoms with Crippen LogP contribution in [0.2, 0.25) is 0 Å². The standard InChI is InChI=1S/C18H19N3O5/c1-18(2)7-12(20-25)10-4-3-9-11(15(10)26-18)8-21(17(9)24)13-5-6-14(22)19-16(13)23/h3-4,13,25H,5-8H2,1-2H3,(H,19,22,23)/b20-12+. The first kappa shape index (κ1) is 16.6. The lowest BCUT2D eigenvalue weighted by atomic mass is 9.90. The molecule has 0 spiro atoms. The molecule has 26 heavy (non-hydrogen) atoms. The molecule has 3 aliphatic heterocycles. The third-order valence-corrected chi connectivity index (χ3v) is 5.07. The summed E-state index contributed by atoms with van der Waals surface area (Å²) in [5.41, 5.74) is 1.75. The first-order chi connectivity index (χ1) is 12.3. The van der Waals surface area contributed by atoms with E-state index in [4.69, 9.17) is 4.74 Å². The van der Waals surface area contributed by atoms with Gasteiger partial charge in [-0.2, -0.15) is 0 Å². The summed E-state index contributed by atoms with van der Waals surface area (Å²) >= 11 is 0.